The van der Waals surface area contributed by atoms with Gasteiger partial charge in [0.25, 0.3) is 0 Å². The van der Waals surface area contributed by atoms with Crippen molar-refractivity contribution in [2.24, 2.45) is 23.2 Å². The van der Waals surface area contributed by atoms with Crippen LogP contribution in [0.25, 0.3) is 0 Å². The first kappa shape index (κ1) is 22.9. The normalized spacial score (nSPS) is 37.2. The molecule has 6 nitrogen and oxygen atoms in total. The Kier molecular flexibility index (Phi) is 8.03. The largest absolute Gasteiger partial charge is 1.00 e. The fraction of sp³-hybridized carbons (Fsp3) is 0.778. The first-order valence-corrected chi connectivity index (χ1v) is 13.7. The molecule has 194 valence electrons. The minimum atomic E-state index is -4.78. The van der Waals surface area contributed by atoms with Crippen LogP contribution in [0.4, 0.5) is 0 Å². The molecule has 3 rings (SSSR count). The molecule has 0 bridgehead atoms. The number of hydrogen-bond donors (Lipinski definition) is 2. The van der Waals surface area contributed by atoms with Crippen molar-refractivity contribution in [3.05, 3.63) is 35.5 Å². The summed E-state index contributed by atoms with van der Waals surface area (Å²) in [5, 5.41) is 21.2. The summed E-state index contributed by atoms with van der Waals surface area (Å²) < 4.78 is 83.3. The Morgan fingerprint density at radius 1 is 1.29 bits per heavy atom. The van der Waals surface area contributed by atoms with E-state index in [9.17, 15) is 23.2 Å². The van der Waals surface area contributed by atoms with Gasteiger partial charge in [0.2, 0.25) is 10.4 Å². The van der Waals surface area contributed by atoms with Crippen molar-refractivity contribution in [2.45, 2.75) is 110 Å². The zero-order valence-corrected chi connectivity index (χ0v) is 24.1. The van der Waals surface area contributed by atoms with Gasteiger partial charge in [0.1, 0.15) is 0 Å². The molecular weight excluding hydrogens is 475 g/mol. The molecule has 3 fully saturated rings. The molecule has 0 aromatic heterocycles. The zero-order valence-electron chi connectivity index (χ0n) is 27.3. The summed E-state index contributed by atoms with van der Waals surface area (Å²) in [6.07, 6.45) is 7.90. The molecule has 0 saturated heterocycles. The average molecular weight is 525 g/mol. The molecule has 3 aliphatic carbocycles. The van der Waals surface area contributed by atoms with Crippen LogP contribution in [0, 0.1) is 23.2 Å². The maximum Gasteiger partial charge on any atom is 1.00 e. The number of allylic oxidation sites excluding steroid dienone is 4. The molecule has 0 spiro atoms. The van der Waals surface area contributed by atoms with Gasteiger partial charge < -0.3 is 14.8 Å². The van der Waals surface area contributed by atoms with Crippen molar-refractivity contribution in [1.29, 1.82) is 0 Å². The van der Waals surface area contributed by atoms with Crippen LogP contribution in [0.15, 0.2) is 35.5 Å². The maximum absolute atomic E-state index is 11.1. The second-order valence-corrected chi connectivity index (χ2v) is 11.8. The van der Waals surface area contributed by atoms with Crippen LogP contribution in [0.2, 0.25) is 0 Å². The van der Waals surface area contributed by atoms with E-state index in [-0.39, 0.29) is 53.2 Å². The second kappa shape index (κ2) is 12.2. The van der Waals surface area contributed by atoms with Gasteiger partial charge in [0.05, 0.1) is 17.8 Å². The number of hydrogen-bond acceptors (Lipinski definition) is 6. The topological polar surface area (TPSA) is 107 Å². The zero-order chi connectivity index (χ0) is 30.3. The molecule has 0 heterocycles. The summed E-state index contributed by atoms with van der Waals surface area (Å²) in [7, 11) is -4.78. The predicted octanol–water partition coefficient (Wildman–Crippen LogP) is 2.19. The Bertz CT molecular complexity index is 1100. The first-order chi connectivity index (χ1) is 18.2. The summed E-state index contributed by atoms with van der Waals surface area (Å²) in [6.45, 7) is 1.89. The van der Waals surface area contributed by atoms with Crippen molar-refractivity contribution in [3.8, 4) is 0 Å². The van der Waals surface area contributed by atoms with Crippen molar-refractivity contribution in [2.75, 3.05) is 0 Å². The molecule has 6 unspecified atom stereocenters. The monoisotopic (exact) mass is 524 g/mol. The van der Waals surface area contributed by atoms with E-state index in [4.69, 9.17) is 12.4 Å². The van der Waals surface area contributed by atoms with Crippen molar-refractivity contribution in [1.82, 2.24) is 0 Å². The van der Waals surface area contributed by atoms with E-state index in [1.54, 1.807) is 0 Å². The molecule has 35 heavy (non-hydrogen) atoms. The van der Waals surface area contributed by atoms with Crippen molar-refractivity contribution < 1.29 is 65.1 Å². The molecule has 6 atom stereocenters. The molecule has 0 aromatic rings. The Balaban J connectivity index is 0.00000588. The quantitative estimate of drug-likeness (QED) is 0.286. The first-order valence-electron chi connectivity index (χ1n) is 15.3. The van der Waals surface area contributed by atoms with Gasteiger partial charge in [-0.2, -0.15) is 0 Å². The smallest absolute Gasteiger partial charge is 0.726 e. The molecule has 8 heteroatoms. The van der Waals surface area contributed by atoms with Gasteiger partial charge in [-0.3, -0.25) is 4.18 Å². The van der Waals surface area contributed by atoms with Crippen LogP contribution >= 0.6 is 0 Å². The molecule has 3 saturated carbocycles. The fourth-order valence-electron chi connectivity index (χ4n) is 6.67. The third-order valence-electron chi connectivity index (χ3n) is 8.52. The number of fused-ring (bicyclic) bond motifs is 1. The average Bonchev–Trinajstić information content (AvgIpc) is 3.17. The summed E-state index contributed by atoms with van der Waals surface area (Å²) in [5.41, 5.74) is -0.122. The van der Waals surface area contributed by atoms with Gasteiger partial charge in [-0.15, -0.1) is 0 Å². The maximum atomic E-state index is 11.1. The van der Waals surface area contributed by atoms with E-state index in [0.29, 0.717) is 31.6 Å². The molecule has 0 amide bonds. The van der Waals surface area contributed by atoms with Crippen LogP contribution in [0.3, 0.4) is 0 Å². The molecular formula is C27H43NaO6S. The van der Waals surface area contributed by atoms with Crippen LogP contribution in [0.1, 0.15) is 100.0 Å². The van der Waals surface area contributed by atoms with E-state index < -0.39 is 41.9 Å². The second-order valence-electron chi connectivity index (χ2n) is 10.8. The van der Waals surface area contributed by atoms with Crippen molar-refractivity contribution >= 4 is 10.4 Å². The van der Waals surface area contributed by atoms with Crippen LogP contribution in [-0.2, 0) is 14.6 Å². The predicted molar refractivity (Wildman–Crippen MR) is 133 cm³/mol. The van der Waals surface area contributed by atoms with Gasteiger partial charge in [0.15, 0.2) is 0 Å². The molecule has 2 N–H and O–H groups in total. The number of aliphatic hydroxyl groups excluding tert-OH is 1. The van der Waals surface area contributed by atoms with Gasteiger partial charge in [-0.1, -0.05) is 43.7 Å². The van der Waals surface area contributed by atoms with Gasteiger partial charge in [0, 0.05) is 14.6 Å². The Morgan fingerprint density at radius 3 is 2.66 bits per heavy atom. The summed E-state index contributed by atoms with van der Waals surface area (Å²) in [4.78, 5) is 0. The molecule has 3 aliphatic rings. The summed E-state index contributed by atoms with van der Waals surface area (Å²) >= 11 is 0. The molecule has 0 aromatic carbocycles. The third-order valence-corrected chi connectivity index (χ3v) is 9.03. The van der Waals surface area contributed by atoms with E-state index >= 15 is 0 Å². The van der Waals surface area contributed by atoms with Crippen LogP contribution in [-0.4, -0.2) is 41.0 Å². The van der Waals surface area contributed by atoms with Gasteiger partial charge in [-0.25, -0.2) is 8.42 Å². The van der Waals surface area contributed by atoms with E-state index in [1.807, 2.05) is 13.0 Å². The molecule has 0 aliphatic heterocycles. The number of aliphatic hydroxyl groups is 2. The fourth-order valence-corrected chi connectivity index (χ4v) is 7.17. The number of rotatable bonds is 8. The van der Waals surface area contributed by atoms with Gasteiger partial charge >= 0.3 is 29.6 Å². The van der Waals surface area contributed by atoms with E-state index in [2.05, 4.69) is 19.6 Å². The summed E-state index contributed by atoms with van der Waals surface area (Å²) in [6, 6.07) is 0. The Labute approximate surface area is 243 Å². The van der Waals surface area contributed by atoms with Crippen molar-refractivity contribution in [3.63, 3.8) is 0 Å². The standard InChI is InChI=1S/C27H44O6S.Na/c1-18-8-12-22(33-34(30,31)32)17-21(18)11-10-20-7-6-16-27(5)23(13-14-24(20)27)19(2)9-15-25(28)26(3,4)29;/h10-11,19,22-25,28-29H,1,6-9,12-17H2,2-5H3,(H,30,31,32);/q;+1/p-1/b20-10+,21-11-;/i3D3,4D3;. The minimum Gasteiger partial charge on any atom is -0.726 e. The SMILES string of the molecule is [2H]C([2H])([2H])C(O)(C(O)CCC(C)C1CCC2/C(=C/C=C3/CC(OS(=O)(=O)[O-])CCC3=C)CCCC21C)C([2H])([2H])[2H].[Na+]. The molecule has 0 radical (unpaired) electrons. The third kappa shape index (κ3) is 8.00. The van der Waals surface area contributed by atoms with Crippen LogP contribution in [0.5, 0.6) is 0 Å². The van der Waals surface area contributed by atoms with Crippen LogP contribution < -0.4 is 29.6 Å². The van der Waals surface area contributed by atoms with E-state index in [0.717, 1.165) is 43.3 Å². The minimum absolute atomic E-state index is 0. The summed E-state index contributed by atoms with van der Waals surface area (Å²) in [5.74, 6) is 0.673. The Morgan fingerprint density at radius 2 is 2.00 bits per heavy atom. The van der Waals surface area contributed by atoms with Gasteiger partial charge in [-0.05, 0) is 100 Å². The Hall–Kier alpha value is 0.01000. The van der Waals surface area contributed by atoms with E-state index in [1.165, 1.54) is 5.57 Å².